The van der Waals surface area contributed by atoms with Crippen LogP contribution in [-0.2, 0) is 0 Å². The maximum Gasteiger partial charge on any atom is 0.345 e. The van der Waals surface area contributed by atoms with Gasteiger partial charge in [0.2, 0.25) is 5.17 Å². The molecule has 0 spiro atoms. The van der Waals surface area contributed by atoms with Crippen LogP contribution in [0.25, 0.3) is 21.7 Å². The van der Waals surface area contributed by atoms with Crippen LogP contribution < -0.4 is 5.63 Å². The van der Waals surface area contributed by atoms with Gasteiger partial charge in [-0.25, -0.2) is 9.48 Å². The third-order valence-corrected chi connectivity index (χ3v) is 5.67. The third-order valence-electron chi connectivity index (χ3n) is 4.74. The zero-order valence-electron chi connectivity index (χ0n) is 15.3. The lowest BCUT2D eigenvalue weighted by atomic mass is 10.0. The molecule has 2 aromatic carbocycles. The summed E-state index contributed by atoms with van der Waals surface area (Å²) in [5.41, 5.74) is 3.17. The predicted octanol–water partition coefficient (Wildman–Crippen LogP) is 4.11. The molecule has 1 aliphatic rings. The Balaban J connectivity index is 1.63. The van der Waals surface area contributed by atoms with E-state index in [1.54, 1.807) is 4.68 Å². The summed E-state index contributed by atoms with van der Waals surface area (Å²) in [5, 5.41) is 16.8. The van der Waals surface area contributed by atoms with E-state index in [9.17, 15) is 4.79 Å². The molecule has 0 saturated carbocycles. The Morgan fingerprint density at radius 2 is 1.89 bits per heavy atom. The fourth-order valence-electron chi connectivity index (χ4n) is 3.42. The number of rotatable bonds is 1. The van der Waals surface area contributed by atoms with Gasteiger partial charge in [0.05, 0.1) is 17.0 Å². The van der Waals surface area contributed by atoms with E-state index >= 15 is 0 Å². The minimum absolute atomic E-state index is 0.396. The van der Waals surface area contributed by atoms with E-state index in [1.165, 1.54) is 11.8 Å². The van der Waals surface area contributed by atoms with Gasteiger partial charge in [0, 0.05) is 16.8 Å². The molecule has 28 heavy (non-hydrogen) atoms. The average molecular weight is 388 g/mol. The smallest absolute Gasteiger partial charge is 0.345 e. The lowest BCUT2D eigenvalue weighted by molar-refractivity contribution is 0.559. The molecular formula is C21H16N4O2S. The summed E-state index contributed by atoms with van der Waals surface area (Å²) in [7, 11) is 0. The Morgan fingerprint density at radius 3 is 2.64 bits per heavy atom. The number of benzene rings is 2. The van der Waals surface area contributed by atoms with Crippen LogP contribution >= 0.6 is 11.8 Å². The van der Waals surface area contributed by atoms with Crippen LogP contribution in [0.4, 0.5) is 0 Å². The van der Waals surface area contributed by atoms with Crippen LogP contribution in [0.1, 0.15) is 17.0 Å². The van der Waals surface area contributed by atoms with Gasteiger partial charge in [-0.2, -0.15) is 10.2 Å². The molecule has 0 fully saturated rings. The minimum Gasteiger partial charge on any atom is -0.422 e. The minimum atomic E-state index is -0.396. The number of thioether (sulfide) groups is 1. The molecule has 0 amide bonds. The second kappa shape index (κ2) is 6.45. The maximum atomic E-state index is 12.6. The largest absolute Gasteiger partial charge is 0.422 e. The van der Waals surface area contributed by atoms with E-state index in [4.69, 9.17) is 4.42 Å². The summed E-state index contributed by atoms with van der Waals surface area (Å²) in [6.45, 7) is 3.92. The monoisotopic (exact) mass is 388 g/mol. The summed E-state index contributed by atoms with van der Waals surface area (Å²) < 4.78 is 7.35. The van der Waals surface area contributed by atoms with E-state index in [0.717, 1.165) is 27.5 Å². The molecule has 6 nitrogen and oxygen atoms in total. The molecule has 0 bridgehead atoms. The molecule has 0 atom stereocenters. The van der Waals surface area contributed by atoms with Gasteiger partial charge in [0.1, 0.15) is 5.58 Å². The van der Waals surface area contributed by atoms with Crippen molar-refractivity contribution < 1.29 is 4.42 Å². The zero-order chi connectivity index (χ0) is 19.3. The Kier molecular flexibility index (Phi) is 3.91. The van der Waals surface area contributed by atoms with Gasteiger partial charge in [-0.1, -0.05) is 42.1 Å². The zero-order valence-corrected chi connectivity index (χ0v) is 16.2. The second-order valence-corrected chi connectivity index (χ2v) is 7.65. The molecule has 0 N–H and O–H groups in total. The first-order chi connectivity index (χ1) is 13.6. The van der Waals surface area contributed by atoms with E-state index in [0.29, 0.717) is 27.8 Å². The van der Waals surface area contributed by atoms with Gasteiger partial charge in [-0.05, 0) is 42.8 Å². The molecule has 0 aliphatic carbocycles. The van der Waals surface area contributed by atoms with Crippen molar-refractivity contribution in [3.05, 3.63) is 75.9 Å². The first-order valence-corrected chi connectivity index (χ1v) is 9.86. The van der Waals surface area contributed by atoms with Crippen LogP contribution in [0.5, 0.6) is 0 Å². The standard InChI is InChI=1S/C21H16N4O2S/c1-12-9-13(2)25(24-12)21-23-22-18(11-28-21)17-10-16-15-6-4-3-5-14(15)7-8-19(16)27-20(17)26/h3-10H,11H2,1-2H3. The van der Waals surface area contributed by atoms with Crippen molar-refractivity contribution in [2.45, 2.75) is 13.8 Å². The molecule has 1 aliphatic heterocycles. The Bertz CT molecular complexity index is 1360. The average Bonchev–Trinajstić information content (AvgIpc) is 3.05. The highest BCUT2D eigenvalue weighted by molar-refractivity contribution is 8.14. The molecule has 3 heterocycles. The fraction of sp³-hybridized carbons (Fsp3) is 0.143. The SMILES string of the molecule is Cc1cc(C)n(C2=NN=C(c3cc4c(ccc5ccccc54)oc3=O)CS2)n1. The van der Waals surface area contributed by atoms with Crippen LogP contribution in [0.3, 0.4) is 0 Å². The number of hydrogen-bond acceptors (Lipinski definition) is 6. The molecule has 0 radical (unpaired) electrons. The summed E-state index contributed by atoms with van der Waals surface area (Å²) in [4.78, 5) is 12.6. The fourth-order valence-corrected chi connectivity index (χ4v) is 4.31. The Morgan fingerprint density at radius 1 is 1.04 bits per heavy atom. The number of fused-ring (bicyclic) bond motifs is 3. The normalized spacial score (nSPS) is 14.4. The van der Waals surface area contributed by atoms with Crippen LogP contribution in [-0.4, -0.2) is 26.4 Å². The van der Waals surface area contributed by atoms with Crippen molar-refractivity contribution in [3.63, 3.8) is 0 Å². The third kappa shape index (κ3) is 2.75. The first-order valence-electron chi connectivity index (χ1n) is 8.87. The second-order valence-electron chi connectivity index (χ2n) is 6.70. The number of nitrogens with zero attached hydrogens (tertiary/aromatic N) is 4. The van der Waals surface area contributed by atoms with Crippen LogP contribution in [0, 0.1) is 13.8 Å². The van der Waals surface area contributed by atoms with Crippen LogP contribution in [0.15, 0.2) is 67.9 Å². The molecule has 0 saturated heterocycles. The van der Waals surface area contributed by atoms with Gasteiger partial charge in [-0.15, -0.1) is 5.10 Å². The molecule has 4 aromatic rings. The van der Waals surface area contributed by atoms with Gasteiger partial charge < -0.3 is 4.42 Å². The topological polar surface area (TPSA) is 72.8 Å². The van der Waals surface area contributed by atoms with Crippen LogP contribution in [0.2, 0.25) is 0 Å². The Hall–Kier alpha value is -3.19. The van der Waals surface area contributed by atoms with Crippen molar-refractivity contribution in [1.29, 1.82) is 0 Å². The van der Waals surface area contributed by atoms with Crippen molar-refractivity contribution in [2.24, 2.45) is 10.2 Å². The maximum absolute atomic E-state index is 12.6. The van der Waals surface area contributed by atoms with Gasteiger partial charge in [0.25, 0.3) is 0 Å². The lowest BCUT2D eigenvalue weighted by Crippen LogP contribution is -2.22. The number of aromatic nitrogens is 2. The van der Waals surface area contributed by atoms with E-state index in [2.05, 4.69) is 15.3 Å². The molecule has 0 unspecified atom stereocenters. The predicted molar refractivity (Wildman–Crippen MR) is 114 cm³/mol. The van der Waals surface area contributed by atoms with E-state index in [-0.39, 0.29) is 0 Å². The number of hydrogen-bond donors (Lipinski definition) is 0. The molecule has 138 valence electrons. The molecule has 7 heteroatoms. The highest BCUT2D eigenvalue weighted by Gasteiger charge is 2.20. The summed E-state index contributed by atoms with van der Waals surface area (Å²) in [6.07, 6.45) is 0. The van der Waals surface area contributed by atoms with Crippen molar-refractivity contribution >= 4 is 44.4 Å². The summed E-state index contributed by atoms with van der Waals surface area (Å²) in [5.74, 6) is 0.526. The van der Waals surface area contributed by atoms with Crippen molar-refractivity contribution in [1.82, 2.24) is 9.78 Å². The molecule has 2 aromatic heterocycles. The molecular weight excluding hydrogens is 372 g/mol. The quantitative estimate of drug-likeness (QED) is 0.363. The van der Waals surface area contributed by atoms with E-state index in [1.807, 2.05) is 62.4 Å². The lowest BCUT2D eigenvalue weighted by Gasteiger charge is -2.13. The molecule has 5 rings (SSSR count). The Labute approximate surface area is 164 Å². The van der Waals surface area contributed by atoms with Crippen molar-refractivity contribution in [3.8, 4) is 0 Å². The first kappa shape index (κ1) is 16.9. The van der Waals surface area contributed by atoms with Gasteiger partial charge in [-0.3, -0.25) is 0 Å². The number of aryl methyl sites for hydroxylation is 2. The highest BCUT2D eigenvalue weighted by Crippen LogP contribution is 2.26. The van der Waals surface area contributed by atoms with Crippen molar-refractivity contribution in [2.75, 3.05) is 5.75 Å². The summed E-state index contributed by atoms with van der Waals surface area (Å²) >= 11 is 1.50. The van der Waals surface area contributed by atoms with Gasteiger partial charge >= 0.3 is 5.63 Å². The highest BCUT2D eigenvalue weighted by atomic mass is 32.2. The van der Waals surface area contributed by atoms with E-state index < -0.39 is 5.63 Å². The summed E-state index contributed by atoms with van der Waals surface area (Å²) in [6, 6.07) is 15.7. The van der Waals surface area contributed by atoms with Gasteiger partial charge in [0.15, 0.2) is 0 Å².